The van der Waals surface area contributed by atoms with Gasteiger partial charge < -0.3 is 5.32 Å². The Morgan fingerprint density at radius 2 is 2.09 bits per heavy atom. The van der Waals surface area contributed by atoms with E-state index in [9.17, 15) is 4.79 Å². The largest absolute Gasteiger partial charge is 0.355 e. The molecule has 0 aliphatic rings. The molecule has 0 aliphatic heterocycles. The molecular formula is C15H18ClN3OS3. The fourth-order valence-electron chi connectivity index (χ4n) is 1.77. The molecule has 1 aromatic heterocycles. The quantitative estimate of drug-likeness (QED) is 0.667. The van der Waals surface area contributed by atoms with Gasteiger partial charge in [-0.15, -0.1) is 10.2 Å². The van der Waals surface area contributed by atoms with Gasteiger partial charge in [-0.2, -0.15) is 0 Å². The summed E-state index contributed by atoms with van der Waals surface area (Å²) in [5.74, 6) is 0.407. The second-order valence-electron chi connectivity index (χ2n) is 4.75. The SMILES string of the molecule is CCCNC(=O)CSc1nnc(SC(C)c2ccccc2Cl)s1. The maximum Gasteiger partial charge on any atom is 0.230 e. The summed E-state index contributed by atoms with van der Waals surface area (Å²) in [6.07, 6.45) is 0.940. The fraction of sp³-hybridized carbons (Fsp3) is 0.400. The summed E-state index contributed by atoms with van der Waals surface area (Å²) >= 11 is 10.8. The first-order valence-corrected chi connectivity index (χ1v) is 10.3. The smallest absolute Gasteiger partial charge is 0.230 e. The molecule has 1 aromatic carbocycles. The van der Waals surface area contributed by atoms with E-state index < -0.39 is 0 Å². The van der Waals surface area contributed by atoms with Crippen molar-refractivity contribution in [3.8, 4) is 0 Å². The summed E-state index contributed by atoms with van der Waals surface area (Å²) < 4.78 is 1.69. The highest BCUT2D eigenvalue weighted by Gasteiger charge is 2.14. The Bertz CT molecular complexity index is 650. The average Bonchev–Trinajstić information content (AvgIpc) is 2.98. The lowest BCUT2D eigenvalue weighted by molar-refractivity contribution is -0.118. The summed E-state index contributed by atoms with van der Waals surface area (Å²) in [5.41, 5.74) is 1.09. The van der Waals surface area contributed by atoms with Gasteiger partial charge in [0, 0.05) is 16.8 Å². The Morgan fingerprint density at radius 3 is 2.83 bits per heavy atom. The Labute approximate surface area is 153 Å². The molecule has 2 rings (SSSR count). The van der Waals surface area contributed by atoms with Crippen molar-refractivity contribution in [1.82, 2.24) is 15.5 Å². The van der Waals surface area contributed by atoms with Gasteiger partial charge in [0.05, 0.1) is 5.75 Å². The third kappa shape index (κ3) is 5.99. The van der Waals surface area contributed by atoms with Crippen LogP contribution in [-0.2, 0) is 4.79 Å². The van der Waals surface area contributed by atoms with Gasteiger partial charge in [-0.3, -0.25) is 4.79 Å². The minimum atomic E-state index is 0.0330. The van der Waals surface area contributed by atoms with Gasteiger partial charge in [-0.05, 0) is 25.0 Å². The number of nitrogens with zero attached hydrogens (tertiary/aromatic N) is 2. The van der Waals surface area contributed by atoms with Gasteiger partial charge in [-0.25, -0.2) is 0 Å². The molecule has 0 radical (unpaired) electrons. The van der Waals surface area contributed by atoms with E-state index in [1.54, 1.807) is 11.8 Å². The molecule has 0 bridgehead atoms. The maximum atomic E-state index is 11.6. The van der Waals surface area contributed by atoms with Gasteiger partial charge in [0.1, 0.15) is 0 Å². The molecule has 1 N–H and O–H groups in total. The molecule has 124 valence electrons. The molecule has 0 spiro atoms. The van der Waals surface area contributed by atoms with Crippen LogP contribution in [0.3, 0.4) is 0 Å². The Kier molecular flexibility index (Phi) is 7.69. The third-order valence-electron chi connectivity index (χ3n) is 2.91. The summed E-state index contributed by atoms with van der Waals surface area (Å²) in [6.45, 7) is 4.84. The van der Waals surface area contributed by atoms with Crippen LogP contribution in [0.5, 0.6) is 0 Å². The lowest BCUT2D eigenvalue weighted by atomic mass is 10.2. The van der Waals surface area contributed by atoms with E-state index in [2.05, 4.69) is 22.4 Å². The predicted molar refractivity (Wildman–Crippen MR) is 99.7 cm³/mol. The van der Waals surface area contributed by atoms with E-state index in [1.807, 2.05) is 31.2 Å². The highest BCUT2D eigenvalue weighted by atomic mass is 35.5. The molecule has 1 amide bonds. The molecule has 2 aromatic rings. The second-order valence-corrected chi connectivity index (χ2v) is 8.95. The Balaban J connectivity index is 1.87. The van der Waals surface area contributed by atoms with Crippen molar-refractivity contribution < 1.29 is 4.79 Å². The van der Waals surface area contributed by atoms with Crippen LogP contribution in [0.1, 0.15) is 31.1 Å². The molecule has 0 saturated heterocycles. The zero-order valence-corrected chi connectivity index (χ0v) is 16.1. The Morgan fingerprint density at radius 1 is 1.35 bits per heavy atom. The van der Waals surface area contributed by atoms with Crippen molar-refractivity contribution in [3.63, 3.8) is 0 Å². The number of nitrogens with one attached hydrogen (secondary N) is 1. The number of hydrogen-bond acceptors (Lipinski definition) is 6. The van der Waals surface area contributed by atoms with Gasteiger partial charge >= 0.3 is 0 Å². The van der Waals surface area contributed by atoms with Crippen molar-refractivity contribution in [3.05, 3.63) is 34.9 Å². The molecule has 23 heavy (non-hydrogen) atoms. The monoisotopic (exact) mass is 387 g/mol. The summed E-state index contributed by atoms with van der Waals surface area (Å²) in [4.78, 5) is 11.6. The van der Waals surface area contributed by atoms with Crippen LogP contribution in [0.2, 0.25) is 5.02 Å². The predicted octanol–water partition coefficient (Wildman–Crippen LogP) is 4.66. The molecule has 0 saturated carbocycles. The minimum absolute atomic E-state index is 0.0330. The van der Waals surface area contributed by atoms with E-state index in [1.165, 1.54) is 23.1 Å². The normalized spacial score (nSPS) is 12.1. The summed E-state index contributed by atoms with van der Waals surface area (Å²) in [6, 6.07) is 7.82. The first-order valence-electron chi connectivity index (χ1n) is 7.24. The maximum absolute atomic E-state index is 11.6. The number of hydrogen-bond donors (Lipinski definition) is 1. The van der Waals surface area contributed by atoms with Crippen molar-refractivity contribution in [2.24, 2.45) is 0 Å². The van der Waals surface area contributed by atoms with E-state index in [0.717, 1.165) is 25.7 Å². The first kappa shape index (κ1) is 18.6. The van der Waals surface area contributed by atoms with Crippen LogP contribution in [0.25, 0.3) is 0 Å². The number of halogens is 1. The van der Waals surface area contributed by atoms with Gasteiger partial charge in [0.2, 0.25) is 5.91 Å². The lowest BCUT2D eigenvalue weighted by Gasteiger charge is -2.10. The standard InChI is InChI=1S/C15H18ClN3OS3/c1-3-8-17-13(20)9-21-14-18-19-15(23-14)22-10(2)11-6-4-5-7-12(11)16/h4-7,10H,3,8-9H2,1-2H3,(H,17,20). The molecule has 0 fully saturated rings. The zero-order chi connectivity index (χ0) is 16.7. The first-order chi connectivity index (χ1) is 11.1. The third-order valence-corrected chi connectivity index (χ3v) is 6.53. The topological polar surface area (TPSA) is 54.9 Å². The Hall–Kier alpha value is -0.760. The molecule has 8 heteroatoms. The lowest BCUT2D eigenvalue weighted by Crippen LogP contribution is -2.25. The number of carbonyl (C=O) groups excluding carboxylic acids is 1. The van der Waals surface area contributed by atoms with E-state index in [-0.39, 0.29) is 11.2 Å². The summed E-state index contributed by atoms with van der Waals surface area (Å²) in [5, 5.41) is 12.1. The average molecular weight is 388 g/mol. The zero-order valence-electron chi connectivity index (χ0n) is 12.9. The second kappa shape index (κ2) is 9.52. The summed E-state index contributed by atoms with van der Waals surface area (Å²) in [7, 11) is 0. The molecule has 1 heterocycles. The van der Waals surface area contributed by atoms with Crippen LogP contribution >= 0.6 is 46.5 Å². The van der Waals surface area contributed by atoms with Crippen LogP contribution < -0.4 is 5.32 Å². The van der Waals surface area contributed by atoms with E-state index >= 15 is 0 Å². The van der Waals surface area contributed by atoms with Crippen molar-refractivity contribution in [2.45, 2.75) is 34.2 Å². The highest BCUT2D eigenvalue weighted by molar-refractivity contribution is 8.03. The molecule has 1 atom stereocenters. The van der Waals surface area contributed by atoms with E-state index in [0.29, 0.717) is 12.3 Å². The number of rotatable bonds is 8. The molecule has 0 aliphatic carbocycles. The van der Waals surface area contributed by atoms with Gasteiger partial charge in [-0.1, -0.05) is 71.6 Å². The number of carbonyl (C=O) groups is 1. The number of benzene rings is 1. The number of amides is 1. The van der Waals surface area contributed by atoms with Crippen LogP contribution in [-0.4, -0.2) is 28.4 Å². The number of aromatic nitrogens is 2. The molecule has 1 unspecified atom stereocenters. The van der Waals surface area contributed by atoms with Crippen LogP contribution in [0, 0.1) is 0 Å². The highest BCUT2D eigenvalue weighted by Crippen LogP contribution is 2.40. The molecule has 4 nitrogen and oxygen atoms in total. The fourth-order valence-corrected chi connectivity index (χ4v) is 5.29. The van der Waals surface area contributed by atoms with Crippen molar-refractivity contribution >= 4 is 52.4 Å². The minimum Gasteiger partial charge on any atom is -0.355 e. The van der Waals surface area contributed by atoms with Crippen LogP contribution in [0.15, 0.2) is 32.9 Å². The van der Waals surface area contributed by atoms with Crippen LogP contribution in [0.4, 0.5) is 0 Å². The number of thioether (sulfide) groups is 2. The van der Waals surface area contributed by atoms with Crippen molar-refractivity contribution in [2.75, 3.05) is 12.3 Å². The van der Waals surface area contributed by atoms with Crippen molar-refractivity contribution in [1.29, 1.82) is 0 Å². The molecular weight excluding hydrogens is 370 g/mol. The van der Waals surface area contributed by atoms with Gasteiger partial charge in [0.25, 0.3) is 0 Å². The van der Waals surface area contributed by atoms with E-state index in [4.69, 9.17) is 11.6 Å². The van der Waals surface area contributed by atoms with Gasteiger partial charge in [0.15, 0.2) is 8.68 Å².